The van der Waals surface area contributed by atoms with E-state index in [1.165, 1.54) is 0 Å². The Balaban J connectivity index is 2.12. The van der Waals surface area contributed by atoms with Crippen molar-refractivity contribution in [2.45, 2.75) is 39.2 Å². The van der Waals surface area contributed by atoms with E-state index in [0.29, 0.717) is 6.04 Å². The Morgan fingerprint density at radius 3 is 2.83 bits per heavy atom. The maximum absolute atomic E-state index is 5.38. The molecule has 2 heterocycles. The van der Waals surface area contributed by atoms with Crippen LogP contribution in [-0.4, -0.2) is 35.8 Å². The zero-order valence-corrected chi connectivity index (χ0v) is 11.2. The second-order valence-electron chi connectivity index (χ2n) is 4.53. The van der Waals surface area contributed by atoms with Crippen LogP contribution in [0.15, 0.2) is 6.33 Å². The van der Waals surface area contributed by atoms with E-state index in [-0.39, 0.29) is 0 Å². The fourth-order valence-corrected chi connectivity index (χ4v) is 2.11. The minimum absolute atomic E-state index is 0.379. The SMILES string of the molecule is CCCNc1ncnc(NC2CCOC2)c1CC. The van der Waals surface area contributed by atoms with Crippen molar-refractivity contribution < 1.29 is 4.74 Å². The first-order valence-corrected chi connectivity index (χ1v) is 6.77. The van der Waals surface area contributed by atoms with Crippen LogP contribution in [0.1, 0.15) is 32.3 Å². The van der Waals surface area contributed by atoms with Gasteiger partial charge < -0.3 is 15.4 Å². The number of aromatic nitrogens is 2. The first-order chi connectivity index (χ1) is 8.85. The zero-order chi connectivity index (χ0) is 12.8. The van der Waals surface area contributed by atoms with E-state index in [1.54, 1.807) is 6.33 Å². The van der Waals surface area contributed by atoms with Gasteiger partial charge in [-0.2, -0.15) is 0 Å². The van der Waals surface area contributed by atoms with Crippen LogP contribution in [0.5, 0.6) is 0 Å². The lowest BCUT2D eigenvalue weighted by Gasteiger charge is -2.17. The Kier molecular flexibility index (Phi) is 4.75. The molecule has 1 aromatic rings. The molecule has 1 aliphatic rings. The molecule has 0 amide bonds. The Labute approximate surface area is 108 Å². The summed E-state index contributed by atoms with van der Waals surface area (Å²) in [6.45, 7) is 6.83. The van der Waals surface area contributed by atoms with Crippen molar-refractivity contribution >= 4 is 11.6 Å². The van der Waals surface area contributed by atoms with Crippen LogP contribution in [0.4, 0.5) is 11.6 Å². The summed E-state index contributed by atoms with van der Waals surface area (Å²) in [5, 5.41) is 6.82. The van der Waals surface area contributed by atoms with Crippen LogP contribution < -0.4 is 10.6 Å². The largest absolute Gasteiger partial charge is 0.379 e. The van der Waals surface area contributed by atoms with Crippen molar-refractivity contribution in [2.75, 3.05) is 30.4 Å². The molecule has 1 fully saturated rings. The van der Waals surface area contributed by atoms with Gasteiger partial charge in [0.15, 0.2) is 0 Å². The second kappa shape index (κ2) is 6.54. The predicted molar refractivity (Wildman–Crippen MR) is 73.0 cm³/mol. The Morgan fingerprint density at radius 2 is 2.17 bits per heavy atom. The number of hydrogen-bond donors (Lipinski definition) is 2. The van der Waals surface area contributed by atoms with Crippen LogP contribution >= 0.6 is 0 Å². The zero-order valence-electron chi connectivity index (χ0n) is 11.2. The highest BCUT2D eigenvalue weighted by Gasteiger charge is 2.18. The quantitative estimate of drug-likeness (QED) is 0.809. The Hall–Kier alpha value is -1.36. The van der Waals surface area contributed by atoms with Gasteiger partial charge in [-0.1, -0.05) is 13.8 Å². The number of nitrogens with zero attached hydrogens (tertiary/aromatic N) is 2. The number of nitrogens with one attached hydrogen (secondary N) is 2. The molecule has 1 aliphatic heterocycles. The average molecular weight is 250 g/mol. The fourth-order valence-electron chi connectivity index (χ4n) is 2.11. The predicted octanol–water partition coefficient (Wildman–Crippen LogP) is 2.06. The second-order valence-corrected chi connectivity index (χ2v) is 4.53. The molecule has 18 heavy (non-hydrogen) atoms. The summed E-state index contributed by atoms with van der Waals surface area (Å²) >= 11 is 0. The molecular formula is C13H22N4O. The summed E-state index contributed by atoms with van der Waals surface area (Å²) < 4.78 is 5.38. The van der Waals surface area contributed by atoms with Gasteiger partial charge in [0.05, 0.1) is 12.6 Å². The fraction of sp³-hybridized carbons (Fsp3) is 0.692. The molecule has 1 aromatic heterocycles. The molecule has 1 atom stereocenters. The summed E-state index contributed by atoms with van der Waals surface area (Å²) in [5.74, 6) is 1.90. The average Bonchev–Trinajstić information content (AvgIpc) is 2.89. The van der Waals surface area contributed by atoms with Gasteiger partial charge in [0.25, 0.3) is 0 Å². The maximum atomic E-state index is 5.38. The Bertz CT molecular complexity index is 377. The minimum atomic E-state index is 0.379. The molecule has 0 aromatic carbocycles. The molecule has 1 unspecified atom stereocenters. The lowest BCUT2D eigenvalue weighted by Crippen LogP contribution is -2.21. The summed E-state index contributed by atoms with van der Waals surface area (Å²) in [6.07, 6.45) is 4.68. The first kappa shape index (κ1) is 13.1. The molecule has 0 aliphatic carbocycles. The standard InChI is InChI=1S/C13H22N4O/c1-3-6-14-12-11(4-2)13(16-9-15-12)17-10-5-7-18-8-10/h9-10H,3-8H2,1-2H3,(H2,14,15,16,17). The Morgan fingerprint density at radius 1 is 1.33 bits per heavy atom. The van der Waals surface area contributed by atoms with E-state index in [1.807, 2.05) is 0 Å². The van der Waals surface area contributed by atoms with E-state index in [4.69, 9.17) is 4.74 Å². The number of rotatable bonds is 6. The van der Waals surface area contributed by atoms with Gasteiger partial charge in [-0.15, -0.1) is 0 Å². The van der Waals surface area contributed by atoms with Crippen molar-refractivity contribution in [1.29, 1.82) is 0 Å². The molecule has 0 spiro atoms. The van der Waals surface area contributed by atoms with Crippen LogP contribution in [0, 0.1) is 0 Å². The third kappa shape index (κ3) is 3.10. The third-order valence-corrected chi connectivity index (χ3v) is 3.11. The van der Waals surface area contributed by atoms with E-state index in [0.717, 1.165) is 56.2 Å². The van der Waals surface area contributed by atoms with E-state index in [9.17, 15) is 0 Å². The van der Waals surface area contributed by atoms with Gasteiger partial charge in [0, 0.05) is 18.7 Å². The van der Waals surface area contributed by atoms with Crippen molar-refractivity contribution in [2.24, 2.45) is 0 Å². The normalized spacial score (nSPS) is 18.9. The molecule has 1 saturated heterocycles. The first-order valence-electron chi connectivity index (χ1n) is 6.77. The molecule has 2 rings (SSSR count). The molecular weight excluding hydrogens is 228 g/mol. The van der Waals surface area contributed by atoms with Crippen molar-refractivity contribution in [3.05, 3.63) is 11.9 Å². The van der Waals surface area contributed by atoms with Crippen LogP contribution in [0.2, 0.25) is 0 Å². The molecule has 0 radical (unpaired) electrons. The highest BCUT2D eigenvalue weighted by Crippen LogP contribution is 2.22. The van der Waals surface area contributed by atoms with Gasteiger partial charge in [-0.05, 0) is 19.3 Å². The lowest BCUT2D eigenvalue weighted by molar-refractivity contribution is 0.195. The maximum Gasteiger partial charge on any atom is 0.135 e. The molecule has 100 valence electrons. The van der Waals surface area contributed by atoms with Gasteiger partial charge >= 0.3 is 0 Å². The van der Waals surface area contributed by atoms with Crippen LogP contribution in [0.3, 0.4) is 0 Å². The van der Waals surface area contributed by atoms with Crippen molar-refractivity contribution in [3.63, 3.8) is 0 Å². The number of anilines is 2. The molecule has 5 heteroatoms. The number of ether oxygens (including phenoxy) is 1. The molecule has 0 bridgehead atoms. The van der Waals surface area contributed by atoms with E-state index >= 15 is 0 Å². The van der Waals surface area contributed by atoms with Gasteiger partial charge in [-0.25, -0.2) is 9.97 Å². The van der Waals surface area contributed by atoms with Crippen molar-refractivity contribution in [3.8, 4) is 0 Å². The monoisotopic (exact) mass is 250 g/mol. The van der Waals surface area contributed by atoms with Gasteiger partial charge in [0.1, 0.15) is 18.0 Å². The highest BCUT2D eigenvalue weighted by atomic mass is 16.5. The third-order valence-electron chi connectivity index (χ3n) is 3.11. The summed E-state index contributed by atoms with van der Waals surface area (Å²) in [7, 11) is 0. The van der Waals surface area contributed by atoms with E-state index in [2.05, 4.69) is 34.4 Å². The van der Waals surface area contributed by atoms with Gasteiger partial charge in [-0.3, -0.25) is 0 Å². The van der Waals surface area contributed by atoms with E-state index < -0.39 is 0 Å². The lowest BCUT2D eigenvalue weighted by atomic mass is 10.2. The number of hydrogen-bond acceptors (Lipinski definition) is 5. The molecule has 2 N–H and O–H groups in total. The summed E-state index contributed by atoms with van der Waals surface area (Å²) in [5.41, 5.74) is 1.16. The van der Waals surface area contributed by atoms with Crippen LogP contribution in [0.25, 0.3) is 0 Å². The van der Waals surface area contributed by atoms with Crippen molar-refractivity contribution in [1.82, 2.24) is 9.97 Å². The molecule has 0 saturated carbocycles. The van der Waals surface area contributed by atoms with Gasteiger partial charge in [0.2, 0.25) is 0 Å². The van der Waals surface area contributed by atoms with Crippen LogP contribution in [-0.2, 0) is 11.2 Å². The highest BCUT2D eigenvalue weighted by molar-refractivity contribution is 5.57. The smallest absolute Gasteiger partial charge is 0.135 e. The summed E-state index contributed by atoms with van der Waals surface area (Å²) in [4.78, 5) is 8.69. The summed E-state index contributed by atoms with van der Waals surface area (Å²) in [6, 6.07) is 0.379. The molecule has 5 nitrogen and oxygen atoms in total. The topological polar surface area (TPSA) is 59.1 Å². The minimum Gasteiger partial charge on any atom is -0.379 e.